The Morgan fingerprint density at radius 1 is 0.952 bits per heavy atom. The van der Waals surface area contributed by atoms with Gasteiger partial charge in [0.05, 0.1) is 4.47 Å². The molecule has 3 aromatic rings. The van der Waals surface area contributed by atoms with E-state index in [2.05, 4.69) is 15.9 Å². The first-order valence-corrected chi connectivity index (χ1v) is 7.46. The van der Waals surface area contributed by atoms with Crippen molar-refractivity contribution in [3.05, 3.63) is 69.7 Å². The second-order valence-corrected chi connectivity index (χ2v) is 5.76. The van der Waals surface area contributed by atoms with Crippen LogP contribution in [0.25, 0.3) is 10.8 Å². The number of carbonyl (C=O) groups is 1. The Balaban J connectivity index is 2.06. The molecule has 3 rings (SSSR count). The third-order valence-corrected chi connectivity index (χ3v) is 4.09. The number of carbonyl (C=O) groups excluding carboxylic acids is 1. The molecule has 2 nitrogen and oxygen atoms in total. The van der Waals surface area contributed by atoms with Gasteiger partial charge in [-0.2, -0.15) is 0 Å². The summed E-state index contributed by atoms with van der Waals surface area (Å²) in [5.41, 5.74) is 0.593. The Morgan fingerprint density at radius 3 is 2.38 bits per heavy atom. The molecule has 0 aliphatic carbocycles. The van der Waals surface area contributed by atoms with E-state index in [9.17, 15) is 4.79 Å². The van der Waals surface area contributed by atoms with Gasteiger partial charge in [0, 0.05) is 21.4 Å². The van der Waals surface area contributed by atoms with Crippen LogP contribution in [0.2, 0.25) is 5.02 Å². The van der Waals surface area contributed by atoms with Gasteiger partial charge < -0.3 is 4.74 Å². The molecular formula is C17H10BrClO2. The Labute approximate surface area is 135 Å². The lowest BCUT2D eigenvalue weighted by Gasteiger charge is -2.11. The molecule has 0 fully saturated rings. The van der Waals surface area contributed by atoms with Gasteiger partial charge >= 0.3 is 0 Å². The Kier molecular flexibility index (Phi) is 3.95. The van der Waals surface area contributed by atoms with Crippen molar-refractivity contribution < 1.29 is 9.53 Å². The fourth-order valence-electron chi connectivity index (χ4n) is 2.12. The molecule has 0 radical (unpaired) electrons. The van der Waals surface area contributed by atoms with Crippen LogP contribution in [0.4, 0.5) is 0 Å². The Bertz CT molecular complexity index is 830. The van der Waals surface area contributed by atoms with Crippen LogP contribution in [-0.4, -0.2) is 6.29 Å². The summed E-state index contributed by atoms with van der Waals surface area (Å²) < 4.78 is 6.68. The fourth-order valence-corrected chi connectivity index (χ4v) is 2.82. The van der Waals surface area contributed by atoms with Gasteiger partial charge in [0.1, 0.15) is 17.8 Å². The van der Waals surface area contributed by atoms with E-state index in [-0.39, 0.29) is 0 Å². The standard InChI is InChI=1S/C17H10BrClO2/c18-14-9-11(10-20)5-7-17(14)21-16-8-6-15(19)12-3-1-2-4-13(12)16/h1-10H. The first kappa shape index (κ1) is 14.1. The molecule has 0 unspecified atom stereocenters. The Morgan fingerprint density at radius 2 is 1.67 bits per heavy atom. The number of ether oxygens (including phenoxy) is 1. The highest BCUT2D eigenvalue weighted by atomic mass is 79.9. The Hall–Kier alpha value is -1.84. The van der Waals surface area contributed by atoms with Crippen LogP contribution in [0.1, 0.15) is 10.4 Å². The number of hydrogen-bond donors (Lipinski definition) is 0. The highest BCUT2D eigenvalue weighted by Crippen LogP contribution is 2.36. The van der Waals surface area contributed by atoms with Gasteiger partial charge in [-0.15, -0.1) is 0 Å². The van der Waals surface area contributed by atoms with Crippen molar-refractivity contribution in [3.63, 3.8) is 0 Å². The van der Waals surface area contributed by atoms with Crippen LogP contribution in [0.3, 0.4) is 0 Å². The number of benzene rings is 3. The van der Waals surface area contributed by atoms with Gasteiger partial charge in [0.25, 0.3) is 0 Å². The smallest absolute Gasteiger partial charge is 0.150 e. The maximum absolute atomic E-state index is 10.8. The van der Waals surface area contributed by atoms with Crippen LogP contribution >= 0.6 is 27.5 Å². The maximum atomic E-state index is 10.8. The van der Waals surface area contributed by atoms with Gasteiger partial charge in [-0.05, 0) is 46.3 Å². The molecule has 0 N–H and O–H groups in total. The first-order valence-electron chi connectivity index (χ1n) is 6.29. The van der Waals surface area contributed by atoms with Crippen LogP contribution in [-0.2, 0) is 0 Å². The molecule has 0 saturated heterocycles. The third kappa shape index (κ3) is 2.80. The molecule has 0 saturated carbocycles. The second-order valence-electron chi connectivity index (χ2n) is 4.50. The summed E-state index contributed by atoms with van der Waals surface area (Å²) in [5.74, 6) is 1.36. The van der Waals surface area contributed by atoms with E-state index < -0.39 is 0 Å². The summed E-state index contributed by atoms with van der Waals surface area (Å²) in [5, 5.41) is 2.57. The molecule has 0 spiro atoms. The van der Waals surface area contributed by atoms with Crippen molar-refractivity contribution in [2.24, 2.45) is 0 Å². The monoisotopic (exact) mass is 360 g/mol. The van der Waals surface area contributed by atoms with Crippen molar-refractivity contribution in [1.82, 2.24) is 0 Å². The SMILES string of the molecule is O=Cc1ccc(Oc2ccc(Cl)c3ccccc23)c(Br)c1. The molecule has 0 atom stereocenters. The molecular weight excluding hydrogens is 352 g/mol. The van der Waals surface area contributed by atoms with Gasteiger partial charge in [-0.3, -0.25) is 4.79 Å². The van der Waals surface area contributed by atoms with E-state index in [4.69, 9.17) is 16.3 Å². The van der Waals surface area contributed by atoms with E-state index in [1.165, 1.54) is 0 Å². The predicted octanol–water partition coefficient (Wildman–Crippen LogP) is 5.86. The van der Waals surface area contributed by atoms with Gasteiger partial charge in [-0.25, -0.2) is 0 Å². The van der Waals surface area contributed by atoms with E-state index >= 15 is 0 Å². The molecule has 0 aliphatic heterocycles. The van der Waals surface area contributed by atoms with E-state index in [1.807, 2.05) is 36.4 Å². The van der Waals surface area contributed by atoms with E-state index in [1.54, 1.807) is 18.2 Å². The molecule has 3 aromatic carbocycles. The van der Waals surface area contributed by atoms with Gasteiger partial charge in [0.2, 0.25) is 0 Å². The van der Waals surface area contributed by atoms with Crippen LogP contribution < -0.4 is 4.74 Å². The summed E-state index contributed by atoms with van der Waals surface area (Å²) in [4.78, 5) is 10.8. The molecule has 0 bridgehead atoms. The molecule has 0 amide bonds. The zero-order valence-corrected chi connectivity index (χ0v) is 13.2. The van der Waals surface area contributed by atoms with Crippen molar-refractivity contribution in [2.75, 3.05) is 0 Å². The average Bonchev–Trinajstić information content (AvgIpc) is 2.52. The number of hydrogen-bond acceptors (Lipinski definition) is 2. The molecule has 104 valence electrons. The second kappa shape index (κ2) is 5.88. The van der Waals surface area contributed by atoms with Crippen LogP contribution in [0, 0.1) is 0 Å². The maximum Gasteiger partial charge on any atom is 0.150 e. The van der Waals surface area contributed by atoms with E-state index in [0.717, 1.165) is 27.3 Å². The molecule has 0 aliphatic rings. The zero-order chi connectivity index (χ0) is 14.8. The predicted molar refractivity (Wildman–Crippen MR) is 88.6 cm³/mol. The summed E-state index contributed by atoms with van der Waals surface area (Å²) in [6.07, 6.45) is 0.798. The van der Waals surface area contributed by atoms with Crippen LogP contribution in [0.15, 0.2) is 59.1 Å². The topological polar surface area (TPSA) is 26.3 Å². The van der Waals surface area contributed by atoms with Crippen LogP contribution in [0.5, 0.6) is 11.5 Å². The summed E-state index contributed by atoms with van der Waals surface area (Å²) in [6.45, 7) is 0. The average molecular weight is 362 g/mol. The zero-order valence-electron chi connectivity index (χ0n) is 10.8. The lowest BCUT2D eigenvalue weighted by molar-refractivity contribution is 0.112. The summed E-state index contributed by atoms with van der Waals surface area (Å²) in [6, 6.07) is 16.6. The number of fused-ring (bicyclic) bond motifs is 1. The number of aldehydes is 1. The fraction of sp³-hybridized carbons (Fsp3) is 0. The summed E-state index contributed by atoms with van der Waals surface area (Å²) >= 11 is 9.61. The van der Waals surface area contributed by atoms with Gasteiger partial charge in [-0.1, -0.05) is 35.9 Å². The highest BCUT2D eigenvalue weighted by molar-refractivity contribution is 9.10. The molecule has 4 heteroatoms. The van der Waals surface area contributed by atoms with E-state index in [0.29, 0.717) is 16.3 Å². The van der Waals surface area contributed by atoms with Crippen molar-refractivity contribution in [3.8, 4) is 11.5 Å². The third-order valence-electron chi connectivity index (χ3n) is 3.14. The molecule has 21 heavy (non-hydrogen) atoms. The lowest BCUT2D eigenvalue weighted by atomic mass is 10.1. The lowest BCUT2D eigenvalue weighted by Crippen LogP contribution is -1.89. The van der Waals surface area contributed by atoms with Crippen molar-refractivity contribution in [1.29, 1.82) is 0 Å². The van der Waals surface area contributed by atoms with Crippen molar-refractivity contribution in [2.45, 2.75) is 0 Å². The highest BCUT2D eigenvalue weighted by Gasteiger charge is 2.09. The number of rotatable bonds is 3. The minimum Gasteiger partial charge on any atom is -0.456 e. The minimum absolute atomic E-state index is 0.593. The minimum atomic E-state index is 0.593. The largest absolute Gasteiger partial charge is 0.456 e. The number of halogens is 2. The normalized spacial score (nSPS) is 10.6. The molecule has 0 heterocycles. The molecule has 0 aromatic heterocycles. The first-order chi connectivity index (χ1) is 10.2. The van der Waals surface area contributed by atoms with Gasteiger partial charge in [0.15, 0.2) is 0 Å². The summed E-state index contributed by atoms with van der Waals surface area (Å²) in [7, 11) is 0. The van der Waals surface area contributed by atoms with Crippen molar-refractivity contribution >= 4 is 44.6 Å². The quantitative estimate of drug-likeness (QED) is 0.546.